The molecule has 0 spiro atoms. The van der Waals surface area contributed by atoms with Gasteiger partial charge in [-0.25, -0.2) is 0 Å². The van der Waals surface area contributed by atoms with Crippen LogP contribution >= 0.6 is 12.6 Å². The van der Waals surface area contributed by atoms with Gasteiger partial charge in [0.25, 0.3) is 0 Å². The van der Waals surface area contributed by atoms with Gasteiger partial charge in [0.2, 0.25) is 0 Å². The second kappa shape index (κ2) is 5.10. The predicted octanol–water partition coefficient (Wildman–Crippen LogP) is 5.50. The maximum Gasteiger partial charge on any atom is 0.0245 e. The first kappa shape index (κ1) is 12.3. The van der Waals surface area contributed by atoms with Gasteiger partial charge in [-0.1, -0.05) is 54.6 Å². The number of benzene rings is 3. The SMILES string of the molecule is CC(S)c1cc2ccccc2cc1-c1ccccc1. The Morgan fingerprint density at radius 1 is 0.789 bits per heavy atom. The minimum Gasteiger partial charge on any atom is -0.171 e. The van der Waals surface area contributed by atoms with E-state index < -0.39 is 0 Å². The summed E-state index contributed by atoms with van der Waals surface area (Å²) in [5.74, 6) is 0. The summed E-state index contributed by atoms with van der Waals surface area (Å²) in [4.78, 5) is 0. The van der Waals surface area contributed by atoms with E-state index in [4.69, 9.17) is 0 Å². The standard InChI is InChI=1S/C18H16S/c1-13(19)17-11-15-9-5-6-10-16(15)12-18(17)14-7-3-2-4-8-14/h2-13,19H,1H3. The molecule has 1 heteroatoms. The molecule has 0 saturated heterocycles. The van der Waals surface area contributed by atoms with Gasteiger partial charge < -0.3 is 0 Å². The van der Waals surface area contributed by atoms with Gasteiger partial charge >= 0.3 is 0 Å². The van der Waals surface area contributed by atoms with Crippen molar-refractivity contribution < 1.29 is 0 Å². The van der Waals surface area contributed by atoms with Gasteiger partial charge in [-0.3, -0.25) is 0 Å². The van der Waals surface area contributed by atoms with E-state index in [1.807, 2.05) is 6.07 Å². The second-order valence-electron chi connectivity index (χ2n) is 4.83. The summed E-state index contributed by atoms with van der Waals surface area (Å²) < 4.78 is 0. The minimum atomic E-state index is 0.222. The summed E-state index contributed by atoms with van der Waals surface area (Å²) in [5, 5.41) is 2.77. The van der Waals surface area contributed by atoms with Crippen LogP contribution in [0.3, 0.4) is 0 Å². The fraction of sp³-hybridized carbons (Fsp3) is 0.111. The molecule has 0 aliphatic rings. The Kier molecular flexibility index (Phi) is 3.31. The molecule has 0 heterocycles. The van der Waals surface area contributed by atoms with Gasteiger partial charge in [0.15, 0.2) is 0 Å². The zero-order chi connectivity index (χ0) is 13.2. The molecule has 1 atom stereocenters. The molecule has 0 N–H and O–H groups in total. The van der Waals surface area contributed by atoms with Crippen molar-refractivity contribution >= 4 is 23.4 Å². The van der Waals surface area contributed by atoms with Crippen LogP contribution in [0.1, 0.15) is 17.7 Å². The van der Waals surface area contributed by atoms with Gasteiger partial charge in [-0.15, -0.1) is 0 Å². The summed E-state index contributed by atoms with van der Waals surface area (Å²) in [5.41, 5.74) is 3.82. The molecule has 3 aromatic rings. The van der Waals surface area contributed by atoms with Gasteiger partial charge in [0, 0.05) is 5.25 Å². The molecule has 3 rings (SSSR count). The highest BCUT2D eigenvalue weighted by Crippen LogP contribution is 2.34. The first-order valence-electron chi connectivity index (χ1n) is 6.52. The molecule has 19 heavy (non-hydrogen) atoms. The third kappa shape index (κ3) is 2.39. The molecular weight excluding hydrogens is 248 g/mol. The Balaban J connectivity index is 2.30. The molecule has 0 aromatic heterocycles. The van der Waals surface area contributed by atoms with Crippen LogP contribution in [0.5, 0.6) is 0 Å². The fourth-order valence-electron chi connectivity index (χ4n) is 2.47. The van der Waals surface area contributed by atoms with Crippen molar-refractivity contribution in [2.45, 2.75) is 12.2 Å². The Morgan fingerprint density at radius 3 is 2.00 bits per heavy atom. The molecule has 0 aliphatic heterocycles. The molecule has 0 amide bonds. The highest BCUT2D eigenvalue weighted by molar-refractivity contribution is 7.80. The van der Waals surface area contributed by atoms with Gasteiger partial charge in [0.05, 0.1) is 0 Å². The van der Waals surface area contributed by atoms with Crippen LogP contribution in [0.4, 0.5) is 0 Å². The number of rotatable bonds is 2. The lowest BCUT2D eigenvalue weighted by molar-refractivity contribution is 1.12. The van der Waals surface area contributed by atoms with Crippen LogP contribution in [-0.2, 0) is 0 Å². The summed E-state index contributed by atoms with van der Waals surface area (Å²) in [6.07, 6.45) is 0. The summed E-state index contributed by atoms with van der Waals surface area (Å²) in [7, 11) is 0. The van der Waals surface area contributed by atoms with E-state index in [1.54, 1.807) is 0 Å². The van der Waals surface area contributed by atoms with Crippen LogP contribution in [0.15, 0.2) is 66.7 Å². The molecule has 94 valence electrons. The van der Waals surface area contributed by atoms with Gasteiger partial charge in [-0.2, -0.15) is 12.6 Å². The van der Waals surface area contributed by atoms with Crippen molar-refractivity contribution in [1.29, 1.82) is 0 Å². The lowest BCUT2D eigenvalue weighted by Gasteiger charge is -2.14. The topological polar surface area (TPSA) is 0 Å². The van der Waals surface area contributed by atoms with Gasteiger partial charge in [-0.05, 0) is 46.5 Å². The molecule has 0 radical (unpaired) electrons. The van der Waals surface area contributed by atoms with E-state index in [9.17, 15) is 0 Å². The maximum atomic E-state index is 4.63. The molecule has 0 bridgehead atoms. The van der Waals surface area contributed by atoms with Crippen molar-refractivity contribution in [3.05, 3.63) is 72.3 Å². The number of fused-ring (bicyclic) bond motifs is 1. The lowest BCUT2D eigenvalue weighted by atomic mass is 9.94. The Morgan fingerprint density at radius 2 is 1.37 bits per heavy atom. The zero-order valence-corrected chi connectivity index (χ0v) is 11.8. The normalized spacial score (nSPS) is 12.5. The molecular formula is C18H16S. The zero-order valence-electron chi connectivity index (χ0n) is 10.9. The Labute approximate surface area is 119 Å². The smallest absolute Gasteiger partial charge is 0.0245 e. The monoisotopic (exact) mass is 264 g/mol. The van der Waals surface area contributed by atoms with Crippen molar-refractivity contribution in [2.24, 2.45) is 0 Å². The quantitative estimate of drug-likeness (QED) is 0.581. The molecule has 0 saturated carbocycles. The lowest BCUT2D eigenvalue weighted by Crippen LogP contribution is -1.91. The molecule has 0 aliphatic carbocycles. The van der Waals surface area contributed by atoms with Crippen molar-refractivity contribution in [1.82, 2.24) is 0 Å². The van der Waals surface area contributed by atoms with Crippen LogP contribution in [0, 0.1) is 0 Å². The summed E-state index contributed by atoms with van der Waals surface area (Å²) in [6, 6.07) is 23.5. The van der Waals surface area contributed by atoms with Crippen LogP contribution in [0.25, 0.3) is 21.9 Å². The van der Waals surface area contributed by atoms with Crippen LogP contribution in [0.2, 0.25) is 0 Å². The second-order valence-corrected chi connectivity index (χ2v) is 5.60. The highest BCUT2D eigenvalue weighted by Gasteiger charge is 2.10. The van der Waals surface area contributed by atoms with E-state index in [1.165, 1.54) is 27.5 Å². The molecule has 0 fully saturated rings. The third-order valence-electron chi connectivity index (χ3n) is 3.45. The van der Waals surface area contributed by atoms with Crippen LogP contribution in [-0.4, -0.2) is 0 Å². The maximum absolute atomic E-state index is 4.63. The van der Waals surface area contributed by atoms with Crippen molar-refractivity contribution in [2.75, 3.05) is 0 Å². The number of thiol groups is 1. The fourth-order valence-corrected chi connectivity index (χ4v) is 2.68. The Bertz CT molecular complexity index is 699. The highest BCUT2D eigenvalue weighted by atomic mass is 32.1. The Hall–Kier alpha value is -1.73. The molecule has 1 unspecified atom stereocenters. The first-order valence-corrected chi connectivity index (χ1v) is 7.03. The predicted molar refractivity (Wildman–Crippen MR) is 86.8 cm³/mol. The average Bonchev–Trinajstić information content (AvgIpc) is 2.46. The van der Waals surface area contributed by atoms with Crippen molar-refractivity contribution in [3.8, 4) is 11.1 Å². The van der Waals surface area contributed by atoms with Gasteiger partial charge in [0.1, 0.15) is 0 Å². The summed E-state index contributed by atoms with van der Waals surface area (Å²) >= 11 is 4.63. The summed E-state index contributed by atoms with van der Waals surface area (Å²) in [6.45, 7) is 2.12. The van der Waals surface area contributed by atoms with E-state index >= 15 is 0 Å². The molecule has 3 aromatic carbocycles. The van der Waals surface area contributed by atoms with Crippen LogP contribution < -0.4 is 0 Å². The third-order valence-corrected chi connectivity index (χ3v) is 3.73. The van der Waals surface area contributed by atoms with E-state index in [2.05, 4.69) is 80.2 Å². The van der Waals surface area contributed by atoms with E-state index in [0.717, 1.165) is 0 Å². The minimum absolute atomic E-state index is 0.222. The largest absolute Gasteiger partial charge is 0.171 e. The first-order chi connectivity index (χ1) is 9.25. The number of hydrogen-bond donors (Lipinski definition) is 1. The van der Waals surface area contributed by atoms with E-state index in [0.29, 0.717) is 0 Å². The van der Waals surface area contributed by atoms with Crippen molar-refractivity contribution in [3.63, 3.8) is 0 Å². The number of hydrogen-bond acceptors (Lipinski definition) is 1. The average molecular weight is 264 g/mol. The van der Waals surface area contributed by atoms with E-state index in [-0.39, 0.29) is 5.25 Å². The molecule has 0 nitrogen and oxygen atoms in total.